The molecule has 0 saturated heterocycles. The van der Waals surface area contributed by atoms with Crippen LogP contribution < -0.4 is 5.32 Å². The molecule has 0 bridgehead atoms. The Morgan fingerprint density at radius 2 is 2.04 bits per heavy atom. The smallest absolute Gasteiger partial charge is 0.236 e. The standard InChI is InChI=1S/C16H13Cl2N5OS/c1-10-12(17)7-19-15(14(10)18)21-13(24)8-25-16-22-20-9-23(16)11-5-3-2-4-6-11/h2-7,9H,8H2,1H3,(H,19,21,24). The van der Waals surface area contributed by atoms with Crippen LogP contribution in [0.25, 0.3) is 5.69 Å². The van der Waals surface area contributed by atoms with Gasteiger partial charge in [-0.25, -0.2) is 4.98 Å². The molecule has 0 radical (unpaired) electrons. The van der Waals surface area contributed by atoms with Crippen molar-refractivity contribution in [3.05, 3.63) is 58.5 Å². The zero-order valence-electron chi connectivity index (χ0n) is 13.1. The van der Waals surface area contributed by atoms with Gasteiger partial charge >= 0.3 is 0 Å². The number of hydrogen-bond donors (Lipinski definition) is 1. The van der Waals surface area contributed by atoms with E-state index in [1.807, 2.05) is 34.9 Å². The minimum absolute atomic E-state index is 0.144. The average molecular weight is 394 g/mol. The summed E-state index contributed by atoms with van der Waals surface area (Å²) in [4.78, 5) is 16.2. The fourth-order valence-electron chi connectivity index (χ4n) is 2.03. The number of hydrogen-bond acceptors (Lipinski definition) is 5. The van der Waals surface area contributed by atoms with E-state index < -0.39 is 0 Å². The first kappa shape index (κ1) is 17.7. The van der Waals surface area contributed by atoms with Gasteiger partial charge in [0, 0.05) is 11.9 Å². The second-order valence-corrected chi connectivity index (χ2v) is 6.78. The highest BCUT2D eigenvalue weighted by molar-refractivity contribution is 7.99. The molecular weight excluding hydrogens is 381 g/mol. The molecule has 0 unspecified atom stereocenters. The third kappa shape index (κ3) is 4.12. The third-order valence-electron chi connectivity index (χ3n) is 3.34. The molecule has 0 saturated carbocycles. The van der Waals surface area contributed by atoms with Gasteiger partial charge in [-0.3, -0.25) is 9.36 Å². The molecule has 0 atom stereocenters. The van der Waals surface area contributed by atoms with Crippen LogP contribution in [0.4, 0.5) is 5.82 Å². The molecule has 0 fully saturated rings. The average Bonchev–Trinajstić information content (AvgIpc) is 3.10. The number of nitrogens with zero attached hydrogens (tertiary/aromatic N) is 4. The second kappa shape index (κ2) is 7.86. The van der Waals surface area contributed by atoms with Gasteiger partial charge in [-0.05, 0) is 24.6 Å². The zero-order valence-corrected chi connectivity index (χ0v) is 15.4. The molecule has 3 aromatic rings. The number of aromatic nitrogens is 4. The van der Waals surface area contributed by atoms with Crippen molar-refractivity contribution in [3.63, 3.8) is 0 Å². The van der Waals surface area contributed by atoms with Crippen molar-refractivity contribution in [2.24, 2.45) is 0 Å². The Hall–Kier alpha value is -2.09. The first-order valence-corrected chi connectivity index (χ1v) is 8.99. The molecule has 1 N–H and O–H groups in total. The normalized spacial score (nSPS) is 10.7. The number of halogens is 2. The lowest BCUT2D eigenvalue weighted by Crippen LogP contribution is -2.16. The molecule has 25 heavy (non-hydrogen) atoms. The molecule has 0 aliphatic rings. The number of benzene rings is 1. The summed E-state index contributed by atoms with van der Waals surface area (Å²) in [6, 6.07) is 9.65. The molecule has 0 spiro atoms. The number of carbonyl (C=O) groups excluding carboxylic acids is 1. The number of para-hydroxylation sites is 1. The van der Waals surface area contributed by atoms with Crippen LogP contribution in [-0.2, 0) is 4.79 Å². The van der Waals surface area contributed by atoms with Gasteiger partial charge in [-0.2, -0.15) is 0 Å². The highest BCUT2D eigenvalue weighted by Crippen LogP contribution is 2.28. The van der Waals surface area contributed by atoms with Gasteiger partial charge in [0.2, 0.25) is 5.91 Å². The number of amides is 1. The highest BCUT2D eigenvalue weighted by atomic mass is 35.5. The maximum absolute atomic E-state index is 12.2. The lowest BCUT2D eigenvalue weighted by atomic mass is 10.3. The molecule has 3 rings (SSSR count). The Morgan fingerprint density at radius 3 is 2.80 bits per heavy atom. The van der Waals surface area contributed by atoms with Crippen LogP contribution in [0, 0.1) is 6.92 Å². The Labute approximate surface area is 158 Å². The van der Waals surface area contributed by atoms with Crippen molar-refractivity contribution < 1.29 is 4.79 Å². The van der Waals surface area contributed by atoms with Crippen molar-refractivity contribution in [3.8, 4) is 5.69 Å². The van der Waals surface area contributed by atoms with Crippen molar-refractivity contribution >= 4 is 46.7 Å². The Morgan fingerprint density at radius 1 is 1.28 bits per heavy atom. The Bertz CT molecular complexity index is 901. The van der Waals surface area contributed by atoms with Crippen LogP contribution in [0.3, 0.4) is 0 Å². The van der Waals surface area contributed by atoms with Gasteiger partial charge in [0.15, 0.2) is 11.0 Å². The van der Waals surface area contributed by atoms with Gasteiger partial charge < -0.3 is 5.32 Å². The number of rotatable bonds is 5. The number of pyridine rings is 1. The van der Waals surface area contributed by atoms with Gasteiger partial charge in [-0.15, -0.1) is 10.2 Å². The van der Waals surface area contributed by atoms with Crippen LogP contribution in [0.2, 0.25) is 10.0 Å². The van der Waals surface area contributed by atoms with Crippen LogP contribution >= 0.6 is 35.0 Å². The molecule has 2 heterocycles. The molecule has 9 heteroatoms. The van der Waals surface area contributed by atoms with E-state index in [1.54, 1.807) is 13.3 Å². The van der Waals surface area contributed by atoms with Crippen molar-refractivity contribution in [1.29, 1.82) is 0 Å². The molecule has 2 aromatic heterocycles. The predicted octanol–water partition coefficient (Wildman–Crippen LogP) is 4.01. The lowest BCUT2D eigenvalue weighted by molar-refractivity contribution is -0.113. The van der Waals surface area contributed by atoms with Crippen molar-refractivity contribution in [1.82, 2.24) is 19.7 Å². The fourth-order valence-corrected chi connectivity index (χ4v) is 3.15. The lowest BCUT2D eigenvalue weighted by Gasteiger charge is -2.09. The molecule has 6 nitrogen and oxygen atoms in total. The van der Waals surface area contributed by atoms with E-state index in [-0.39, 0.29) is 11.7 Å². The summed E-state index contributed by atoms with van der Waals surface area (Å²) in [7, 11) is 0. The van der Waals surface area contributed by atoms with E-state index in [0.717, 1.165) is 5.69 Å². The summed E-state index contributed by atoms with van der Waals surface area (Å²) in [6.07, 6.45) is 3.06. The minimum Gasteiger partial charge on any atom is -0.309 e. The summed E-state index contributed by atoms with van der Waals surface area (Å²) in [5, 5.41) is 12.0. The predicted molar refractivity (Wildman–Crippen MR) is 99.7 cm³/mol. The summed E-state index contributed by atoms with van der Waals surface area (Å²) in [5.41, 5.74) is 1.60. The largest absolute Gasteiger partial charge is 0.309 e. The van der Waals surface area contributed by atoms with Gasteiger partial charge in [-0.1, -0.05) is 53.2 Å². The number of thioether (sulfide) groups is 1. The van der Waals surface area contributed by atoms with E-state index in [9.17, 15) is 4.79 Å². The van der Waals surface area contributed by atoms with E-state index in [4.69, 9.17) is 23.2 Å². The SMILES string of the molecule is Cc1c(Cl)cnc(NC(=O)CSc2nncn2-c2ccccc2)c1Cl. The summed E-state index contributed by atoms with van der Waals surface area (Å²) >= 11 is 13.4. The summed E-state index contributed by atoms with van der Waals surface area (Å²) in [5.74, 6) is 0.188. The quantitative estimate of drug-likeness (QED) is 0.662. The molecule has 1 aromatic carbocycles. The molecule has 0 aliphatic heterocycles. The van der Waals surface area contributed by atoms with E-state index in [0.29, 0.717) is 26.6 Å². The number of carbonyl (C=O) groups is 1. The highest BCUT2D eigenvalue weighted by Gasteiger charge is 2.14. The first-order valence-electron chi connectivity index (χ1n) is 7.25. The van der Waals surface area contributed by atoms with Crippen LogP contribution in [0.15, 0.2) is 48.0 Å². The van der Waals surface area contributed by atoms with Crippen LogP contribution in [0.1, 0.15) is 5.56 Å². The van der Waals surface area contributed by atoms with Gasteiger partial charge in [0.05, 0.1) is 15.8 Å². The van der Waals surface area contributed by atoms with E-state index >= 15 is 0 Å². The van der Waals surface area contributed by atoms with E-state index in [1.165, 1.54) is 18.0 Å². The van der Waals surface area contributed by atoms with Gasteiger partial charge in [0.1, 0.15) is 6.33 Å². The molecule has 128 valence electrons. The maximum Gasteiger partial charge on any atom is 0.236 e. The Balaban J connectivity index is 1.66. The molecule has 1 amide bonds. The summed E-state index contributed by atoms with van der Waals surface area (Å²) in [6.45, 7) is 1.76. The minimum atomic E-state index is -0.247. The first-order chi connectivity index (χ1) is 12.1. The van der Waals surface area contributed by atoms with Crippen molar-refractivity contribution in [2.75, 3.05) is 11.1 Å². The number of nitrogens with one attached hydrogen (secondary N) is 1. The van der Waals surface area contributed by atoms with Crippen LogP contribution in [0.5, 0.6) is 0 Å². The fraction of sp³-hybridized carbons (Fsp3) is 0.125. The van der Waals surface area contributed by atoms with Crippen LogP contribution in [-0.4, -0.2) is 31.4 Å². The third-order valence-corrected chi connectivity index (χ3v) is 5.13. The maximum atomic E-state index is 12.2. The zero-order chi connectivity index (χ0) is 17.8. The van der Waals surface area contributed by atoms with Crippen molar-refractivity contribution in [2.45, 2.75) is 12.1 Å². The summed E-state index contributed by atoms with van der Waals surface area (Å²) < 4.78 is 1.82. The van der Waals surface area contributed by atoms with E-state index in [2.05, 4.69) is 20.5 Å². The topological polar surface area (TPSA) is 72.7 Å². The number of anilines is 1. The monoisotopic (exact) mass is 393 g/mol. The molecular formula is C16H13Cl2N5OS. The van der Waals surface area contributed by atoms with Gasteiger partial charge in [0.25, 0.3) is 0 Å². The molecule has 0 aliphatic carbocycles. The Kier molecular flexibility index (Phi) is 5.57. The second-order valence-electron chi connectivity index (χ2n) is 5.05.